The van der Waals surface area contributed by atoms with Crippen LogP contribution >= 0.6 is 0 Å². The molecule has 4 nitrogen and oxygen atoms in total. The van der Waals surface area contributed by atoms with E-state index < -0.39 is 0 Å². The third-order valence-corrected chi connectivity index (χ3v) is 5.61. The maximum Gasteiger partial charge on any atom is 0.178 e. The summed E-state index contributed by atoms with van der Waals surface area (Å²) >= 11 is 0. The van der Waals surface area contributed by atoms with E-state index in [-0.39, 0.29) is 6.17 Å². The van der Waals surface area contributed by atoms with E-state index in [1.54, 1.807) is 12.4 Å². The summed E-state index contributed by atoms with van der Waals surface area (Å²) in [5, 5.41) is 0. The van der Waals surface area contributed by atoms with E-state index in [2.05, 4.69) is 74.9 Å². The van der Waals surface area contributed by atoms with Gasteiger partial charge in [0.1, 0.15) is 6.17 Å². The topological polar surface area (TPSA) is 32.3 Å². The highest BCUT2D eigenvalue weighted by Crippen LogP contribution is 2.66. The Morgan fingerprint density at radius 3 is 2.28 bits per heavy atom. The van der Waals surface area contributed by atoms with Gasteiger partial charge in [-0.2, -0.15) is 0 Å². The van der Waals surface area contributed by atoms with Crippen LogP contribution in [0, 0.1) is 5.92 Å². The average molecular weight is 324 g/mol. The number of hydrogen-bond acceptors (Lipinski definition) is 4. The smallest absolute Gasteiger partial charge is 0.178 e. The molecule has 0 spiro atoms. The maximum absolute atomic E-state index is 4.69. The molecule has 1 aliphatic carbocycles. The van der Waals surface area contributed by atoms with E-state index in [0.29, 0.717) is 11.8 Å². The Labute approximate surface area is 146 Å². The van der Waals surface area contributed by atoms with Crippen LogP contribution in [0.1, 0.15) is 11.5 Å². The summed E-state index contributed by atoms with van der Waals surface area (Å²) in [6, 6.07) is 19.1. The van der Waals surface area contributed by atoms with Crippen molar-refractivity contribution in [1.29, 1.82) is 0 Å². The van der Waals surface area contributed by atoms with Gasteiger partial charge in [-0.25, -0.2) is 9.97 Å². The van der Waals surface area contributed by atoms with Crippen LogP contribution in [-0.2, 0) is 0 Å². The van der Waals surface area contributed by atoms with Crippen molar-refractivity contribution < 1.29 is 0 Å². The van der Waals surface area contributed by atoms with Crippen molar-refractivity contribution in [3.8, 4) is 0 Å². The van der Waals surface area contributed by atoms with Crippen LogP contribution in [0.3, 0.4) is 0 Å². The monoisotopic (exact) mass is 324 g/mol. The lowest BCUT2D eigenvalue weighted by Gasteiger charge is -2.36. The van der Waals surface area contributed by atoms with Gasteiger partial charge < -0.3 is 9.80 Å². The Kier molecular flexibility index (Phi) is 2.36. The summed E-state index contributed by atoms with van der Waals surface area (Å²) in [5.74, 6) is 2.71. The SMILES string of the molecule is C=C1C2c3ccccc3N3c4nccnc4N(c4ccccc4)C3C12. The fourth-order valence-corrected chi connectivity index (χ4v) is 4.54. The van der Waals surface area contributed by atoms with Crippen LogP contribution in [0.4, 0.5) is 23.0 Å². The molecule has 3 heterocycles. The van der Waals surface area contributed by atoms with Crippen LogP contribution in [0.5, 0.6) is 0 Å². The number of anilines is 4. The minimum atomic E-state index is 0.159. The molecule has 1 fully saturated rings. The molecule has 3 aliphatic rings. The van der Waals surface area contributed by atoms with Crippen molar-refractivity contribution >= 4 is 23.0 Å². The molecule has 0 amide bonds. The van der Waals surface area contributed by atoms with E-state index >= 15 is 0 Å². The molecule has 3 aromatic rings. The fourth-order valence-electron chi connectivity index (χ4n) is 4.54. The van der Waals surface area contributed by atoms with Gasteiger partial charge in [0.05, 0.1) is 0 Å². The lowest BCUT2D eigenvalue weighted by molar-refractivity contribution is 0.584. The quantitative estimate of drug-likeness (QED) is 0.622. The van der Waals surface area contributed by atoms with Gasteiger partial charge in [-0.3, -0.25) is 0 Å². The van der Waals surface area contributed by atoms with E-state index in [0.717, 1.165) is 17.3 Å². The highest BCUT2D eigenvalue weighted by molar-refractivity contribution is 5.88. The third kappa shape index (κ3) is 1.56. The summed E-state index contributed by atoms with van der Waals surface area (Å²) in [4.78, 5) is 14.1. The molecule has 3 atom stereocenters. The number of fused-ring (bicyclic) bond motifs is 8. The first-order chi connectivity index (χ1) is 12.4. The molecule has 2 aromatic carbocycles. The first-order valence-electron chi connectivity index (χ1n) is 8.58. The summed E-state index contributed by atoms with van der Waals surface area (Å²) < 4.78 is 0. The number of benzene rings is 2. The molecule has 0 N–H and O–H groups in total. The predicted molar refractivity (Wildman–Crippen MR) is 98.4 cm³/mol. The van der Waals surface area contributed by atoms with Crippen molar-refractivity contribution in [2.24, 2.45) is 5.92 Å². The molecule has 2 aliphatic heterocycles. The largest absolute Gasteiger partial charge is 0.301 e. The van der Waals surface area contributed by atoms with E-state index in [4.69, 9.17) is 0 Å². The second-order valence-corrected chi connectivity index (χ2v) is 6.83. The van der Waals surface area contributed by atoms with Gasteiger partial charge in [0.15, 0.2) is 11.6 Å². The Balaban J connectivity index is 1.64. The molecule has 1 saturated carbocycles. The van der Waals surface area contributed by atoms with Gasteiger partial charge in [0, 0.05) is 35.6 Å². The molecule has 25 heavy (non-hydrogen) atoms. The van der Waals surface area contributed by atoms with Crippen LogP contribution in [-0.4, -0.2) is 16.1 Å². The summed E-state index contributed by atoms with van der Waals surface area (Å²) in [6.07, 6.45) is 3.71. The first-order valence-corrected chi connectivity index (χ1v) is 8.58. The number of aromatic nitrogens is 2. The number of hydrogen-bond donors (Lipinski definition) is 0. The minimum absolute atomic E-state index is 0.159. The molecule has 0 radical (unpaired) electrons. The van der Waals surface area contributed by atoms with Crippen LogP contribution < -0.4 is 9.80 Å². The summed E-state index contributed by atoms with van der Waals surface area (Å²) in [6.45, 7) is 4.37. The second kappa shape index (κ2) is 4.48. The third-order valence-electron chi connectivity index (χ3n) is 5.61. The van der Waals surface area contributed by atoms with Gasteiger partial charge in [0.25, 0.3) is 0 Å². The van der Waals surface area contributed by atoms with Crippen LogP contribution in [0.2, 0.25) is 0 Å². The van der Waals surface area contributed by atoms with Crippen molar-refractivity contribution in [3.05, 3.63) is 84.7 Å². The van der Waals surface area contributed by atoms with Crippen LogP contribution in [0.25, 0.3) is 0 Å². The molecular formula is C21H16N4. The zero-order chi connectivity index (χ0) is 16.5. The molecule has 0 saturated heterocycles. The highest BCUT2D eigenvalue weighted by atomic mass is 15.5. The number of para-hydroxylation sites is 2. The second-order valence-electron chi connectivity index (χ2n) is 6.83. The zero-order valence-electron chi connectivity index (χ0n) is 13.6. The summed E-state index contributed by atoms with van der Waals surface area (Å²) in [7, 11) is 0. The molecular weight excluding hydrogens is 308 g/mol. The lowest BCUT2D eigenvalue weighted by atomic mass is 9.99. The van der Waals surface area contributed by atoms with Gasteiger partial charge in [-0.05, 0) is 23.8 Å². The maximum atomic E-state index is 4.69. The van der Waals surface area contributed by atoms with Crippen molar-refractivity contribution in [2.75, 3.05) is 9.80 Å². The highest BCUT2D eigenvalue weighted by Gasteiger charge is 2.60. The molecule has 120 valence electrons. The van der Waals surface area contributed by atoms with Gasteiger partial charge >= 0.3 is 0 Å². The zero-order valence-corrected chi connectivity index (χ0v) is 13.6. The predicted octanol–water partition coefficient (Wildman–Crippen LogP) is 4.38. The standard InChI is InChI=1S/C21H16N4/c1-13-17-15-9-5-6-10-16(15)25-20-19(22-11-12-23-20)24(21(25)18(13)17)14-7-3-2-4-8-14/h2-12,17-18,21H,1H2. The van der Waals surface area contributed by atoms with E-state index in [9.17, 15) is 0 Å². The Hall–Kier alpha value is -3.14. The molecule has 0 bridgehead atoms. The Morgan fingerprint density at radius 1 is 0.800 bits per heavy atom. The molecule has 6 rings (SSSR count). The minimum Gasteiger partial charge on any atom is -0.301 e. The molecule has 1 aromatic heterocycles. The van der Waals surface area contributed by atoms with Gasteiger partial charge in [-0.15, -0.1) is 0 Å². The van der Waals surface area contributed by atoms with Crippen molar-refractivity contribution in [2.45, 2.75) is 12.1 Å². The normalized spacial score (nSPS) is 25.1. The first kappa shape index (κ1) is 13.2. The molecule has 4 heteroatoms. The fraction of sp³-hybridized carbons (Fsp3) is 0.143. The Bertz CT molecular complexity index is 1010. The van der Waals surface area contributed by atoms with Crippen molar-refractivity contribution in [1.82, 2.24) is 9.97 Å². The van der Waals surface area contributed by atoms with E-state index in [1.807, 2.05) is 6.07 Å². The lowest BCUT2D eigenvalue weighted by Crippen LogP contribution is -2.43. The number of nitrogens with zero attached hydrogens (tertiary/aromatic N) is 4. The van der Waals surface area contributed by atoms with Crippen molar-refractivity contribution in [3.63, 3.8) is 0 Å². The Morgan fingerprint density at radius 2 is 1.48 bits per heavy atom. The van der Waals surface area contributed by atoms with Crippen LogP contribution in [0.15, 0.2) is 79.1 Å². The summed E-state index contributed by atoms with van der Waals surface area (Å²) in [5.41, 5.74) is 5.05. The van der Waals surface area contributed by atoms with Gasteiger partial charge in [-0.1, -0.05) is 48.6 Å². The van der Waals surface area contributed by atoms with E-state index in [1.165, 1.54) is 16.8 Å². The van der Waals surface area contributed by atoms with Gasteiger partial charge in [0.2, 0.25) is 0 Å². The average Bonchev–Trinajstić information content (AvgIpc) is 3.22. The molecule has 3 unspecified atom stereocenters. The number of rotatable bonds is 1.